The Bertz CT molecular complexity index is 167. The first-order valence-electron chi connectivity index (χ1n) is 6.76. The fourth-order valence-electron chi connectivity index (χ4n) is 2.23. The van der Waals surface area contributed by atoms with Crippen molar-refractivity contribution in [3.63, 3.8) is 0 Å². The van der Waals surface area contributed by atoms with E-state index in [-0.39, 0.29) is 0 Å². The normalized spacial score (nSPS) is 27.9. The zero-order valence-electron chi connectivity index (χ0n) is 11.0. The maximum absolute atomic E-state index is 3.77. The molecule has 0 radical (unpaired) electrons. The number of thioether (sulfide) groups is 2. The van der Waals surface area contributed by atoms with Gasteiger partial charge >= 0.3 is 0 Å². The number of hydrogen-bond donors (Lipinski definition) is 1. The molecule has 16 heavy (non-hydrogen) atoms. The van der Waals surface area contributed by atoms with Crippen molar-refractivity contribution in [2.24, 2.45) is 0 Å². The van der Waals surface area contributed by atoms with Gasteiger partial charge in [-0.2, -0.15) is 23.5 Å². The standard InChI is InChI=1S/C13H27NS2/c1-4-6-7-12(14-8-5-2)13-11(3)15-9-10-16-13/h11-14H,4-10H2,1-3H3. The molecule has 0 saturated carbocycles. The summed E-state index contributed by atoms with van der Waals surface area (Å²) >= 11 is 4.36. The molecule has 1 N–H and O–H groups in total. The van der Waals surface area contributed by atoms with E-state index >= 15 is 0 Å². The summed E-state index contributed by atoms with van der Waals surface area (Å²) in [6, 6.07) is 0.743. The lowest BCUT2D eigenvalue weighted by molar-refractivity contribution is 0.448. The average molecular weight is 262 g/mol. The van der Waals surface area contributed by atoms with E-state index in [1.54, 1.807) is 0 Å². The Labute approximate surface area is 110 Å². The zero-order chi connectivity index (χ0) is 11.8. The highest BCUT2D eigenvalue weighted by Crippen LogP contribution is 2.34. The van der Waals surface area contributed by atoms with Crippen LogP contribution in [0.15, 0.2) is 0 Å². The van der Waals surface area contributed by atoms with Crippen LogP contribution in [0.3, 0.4) is 0 Å². The highest BCUT2D eigenvalue weighted by molar-refractivity contribution is 8.07. The number of nitrogens with one attached hydrogen (secondary N) is 1. The maximum Gasteiger partial charge on any atom is 0.0317 e. The van der Waals surface area contributed by atoms with E-state index in [1.165, 1.54) is 43.7 Å². The first-order valence-corrected chi connectivity index (χ1v) is 8.85. The van der Waals surface area contributed by atoms with Crippen LogP contribution in [0.2, 0.25) is 0 Å². The molecule has 0 spiro atoms. The third-order valence-electron chi connectivity index (χ3n) is 3.16. The zero-order valence-corrected chi connectivity index (χ0v) is 12.6. The Morgan fingerprint density at radius 1 is 1.19 bits per heavy atom. The first kappa shape index (κ1) is 14.7. The van der Waals surface area contributed by atoms with Gasteiger partial charge in [0.1, 0.15) is 0 Å². The molecule has 3 unspecified atom stereocenters. The number of rotatable bonds is 7. The van der Waals surface area contributed by atoms with Crippen LogP contribution < -0.4 is 5.32 Å². The molecule has 3 atom stereocenters. The van der Waals surface area contributed by atoms with Gasteiger partial charge < -0.3 is 5.32 Å². The first-order chi connectivity index (χ1) is 7.79. The van der Waals surface area contributed by atoms with Crippen LogP contribution in [0.25, 0.3) is 0 Å². The quantitative estimate of drug-likeness (QED) is 0.749. The van der Waals surface area contributed by atoms with Crippen LogP contribution in [0, 0.1) is 0 Å². The van der Waals surface area contributed by atoms with Crippen LogP contribution in [0.5, 0.6) is 0 Å². The molecule has 0 amide bonds. The van der Waals surface area contributed by atoms with Crippen LogP contribution in [0.1, 0.15) is 46.5 Å². The SMILES string of the molecule is CCCCC(NCCC)C1SCCSC1C. The largest absolute Gasteiger partial charge is 0.313 e. The van der Waals surface area contributed by atoms with E-state index in [0.717, 1.165) is 16.5 Å². The van der Waals surface area contributed by atoms with Crippen LogP contribution in [0.4, 0.5) is 0 Å². The van der Waals surface area contributed by atoms with E-state index in [2.05, 4.69) is 49.6 Å². The van der Waals surface area contributed by atoms with Gasteiger partial charge in [0, 0.05) is 28.0 Å². The van der Waals surface area contributed by atoms with Gasteiger partial charge in [0.15, 0.2) is 0 Å². The highest BCUT2D eigenvalue weighted by Gasteiger charge is 2.29. The average Bonchev–Trinajstić information content (AvgIpc) is 2.31. The second kappa shape index (κ2) is 8.71. The summed E-state index contributed by atoms with van der Waals surface area (Å²) < 4.78 is 0. The van der Waals surface area contributed by atoms with Crippen LogP contribution in [-0.2, 0) is 0 Å². The van der Waals surface area contributed by atoms with Crippen LogP contribution >= 0.6 is 23.5 Å². The summed E-state index contributed by atoms with van der Waals surface area (Å²) in [6.45, 7) is 8.15. The topological polar surface area (TPSA) is 12.0 Å². The van der Waals surface area contributed by atoms with Gasteiger partial charge in [-0.25, -0.2) is 0 Å². The Balaban J connectivity index is 2.44. The predicted molar refractivity (Wildman–Crippen MR) is 79.8 cm³/mol. The fraction of sp³-hybridized carbons (Fsp3) is 1.00. The summed E-state index contributed by atoms with van der Waals surface area (Å²) in [7, 11) is 0. The molecule has 0 bridgehead atoms. The summed E-state index contributed by atoms with van der Waals surface area (Å²) in [6.07, 6.45) is 5.31. The van der Waals surface area contributed by atoms with Crippen molar-refractivity contribution >= 4 is 23.5 Å². The van der Waals surface area contributed by atoms with Gasteiger partial charge in [-0.05, 0) is 19.4 Å². The molecule has 1 rings (SSSR count). The van der Waals surface area contributed by atoms with E-state index in [1.807, 2.05) is 0 Å². The second-order valence-corrected chi connectivity index (χ2v) is 7.39. The van der Waals surface area contributed by atoms with Crippen LogP contribution in [-0.4, -0.2) is 34.6 Å². The second-order valence-electron chi connectivity index (χ2n) is 4.61. The summed E-state index contributed by atoms with van der Waals surface area (Å²) in [5, 5.41) is 5.42. The molecule has 0 aromatic heterocycles. The van der Waals surface area contributed by atoms with Gasteiger partial charge in [-0.15, -0.1) is 0 Å². The molecular formula is C13H27NS2. The van der Waals surface area contributed by atoms with E-state index < -0.39 is 0 Å². The highest BCUT2D eigenvalue weighted by atomic mass is 32.2. The smallest absolute Gasteiger partial charge is 0.0317 e. The maximum atomic E-state index is 3.77. The van der Waals surface area contributed by atoms with Crippen molar-refractivity contribution in [3.05, 3.63) is 0 Å². The van der Waals surface area contributed by atoms with Crippen molar-refractivity contribution in [3.8, 4) is 0 Å². The van der Waals surface area contributed by atoms with E-state index in [4.69, 9.17) is 0 Å². The molecule has 1 saturated heterocycles. The van der Waals surface area contributed by atoms with E-state index in [9.17, 15) is 0 Å². The van der Waals surface area contributed by atoms with Crippen molar-refractivity contribution in [1.82, 2.24) is 5.32 Å². The van der Waals surface area contributed by atoms with Crippen molar-refractivity contribution in [2.75, 3.05) is 18.1 Å². The third-order valence-corrected chi connectivity index (χ3v) is 6.41. The monoisotopic (exact) mass is 261 g/mol. The molecule has 0 aromatic rings. The Morgan fingerprint density at radius 3 is 2.56 bits per heavy atom. The number of unbranched alkanes of at least 4 members (excludes halogenated alkanes) is 1. The predicted octanol–water partition coefficient (Wildman–Crippen LogP) is 3.78. The summed E-state index contributed by atoms with van der Waals surface area (Å²) in [5.74, 6) is 2.69. The molecule has 1 nitrogen and oxygen atoms in total. The third kappa shape index (κ3) is 4.89. The molecule has 1 aliphatic rings. The van der Waals surface area contributed by atoms with Gasteiger partial charge in [0.25, 0.3) is 0 Å². The van der Waals surface area contributed by atoms with Crippen molar-refractivity contribution in [1.29, 1.82) is 0 Å². The van der Waals surface area contributed by atoms with Crippen molar-refractivity contribution < 1.29 is 0 Å². The minimum atomic E-state index is 0.743. The van der Waals surface area contributed by atoms with Gasteiger partial charge in [0.2, 0.25) is 0 Å². The Hall–Kier alpha value is 0.660. The molecule has 0 aliphatic carbocycles. The lowest BCUT2D eigenvalue weighted by Crippen LogP contribution is -2.44. The molecule has 0 aromatic carbocycles. The number of hydrogen-bond acceptors (Lipinski definition) is 3. The minimum Gasteiger partial charge on any atom is -0.313 e. The molecule has 3 heteroatoms. The van der Waals surface area contributed by atoms with Gasteiger partial charge in [-0.1, -0.05) is 33.6 Å². The van der Waals surface area contributed by atoms with Gasteiger partial charge in [-0.3, -0.25) is 0 Å². The Morgan fingerprint density at radius 2 is 1.94 bits per heavy atom. The van der Waals surface area contributed by atoms with E-state index in [0.29, 0.717) is 0 Å². The lowest BCUT2D eigenvalue weighted by Gasteiger charge is -2.35. The van der Waals surface area contributed by atoms with Crippen molar-refractivity contribution in [2.45, 2.75) is 63.0 Å². The molecular weight excluding hydrogens is 234 g/mol. The fourth-order valence-corrected chi connectivity index (χ4v) is 5.23. The Kier molecular flexibility index (Phi) is 8.01. The molecule has 1 heterocycles. The molecule has 96 valence electrons. The molecule has 1 fully saturated rings. The summed E-state index contributed by atoms with van der Waals surface area (Å²) in [5.41, 5.74) is 0. The van der Waals surface area contributed by atoms with Gasteiger partial charge in [0.05, 0.1) is 0 Å². The minimum absolute atomic E-state index is 0.743. The molecule has 1 aliphatic heterocycles. The lowest BCUT2D eigenvalue weighted by atomic mass is 10.0. The summed E-state index contributed by atoms with van der Waals surface area (Å²) in [4.78, 5) is 0.